The second kappa shape index (κ2) is 5.61. The summed E-state index contributed by atoms with van der Waals surface area (Å²) in [5, 5.41) is 8.73. The maximum absolute atomic E-state index is 10.6. The standard InChI is InChI=1S/C17H21NO2/c1-4-18-13(2)17(3,12-8-7-11-16(19)20)14-9-5-6-10-15(14)18/h4-6,9-10H,1,7-8,11-12H2,2-3H3/p+1. The number of hydrogen-bond donors (Lipinski definition) is 1. The normalized spacial score (nSPS) is 20.9. The van der Waals surface area contributed by atoms with Crippen LogP contribution in [0.2, 0.25) is 0 Å². The largest absolute Gasteiger partial charge is 0.481 e. The number of hydrogen-bond acceptors (Lipinski definition) is 1. The molecule has 1 aliphatic heterocycles. The maximum Gasteiger partial charge on any atom is 0.303 e. The monoisotopic (exact) mass is 272 g/mol. The van der Waals surface area contributed by atoms with Gasteiger partial charge in [-0.2, -0.15) is 4.58 Å². The molecule has 0 aliphatic carbocycles. The van der Waals surface area contributed by atoms with Crippen LogP contribution in [0.5, 0.6) is 0 Å². The molecule has 1 heterocycles. The van der Waals surface area contributed by atoms with Crippen LogP contribution in [0.4, 0.5) is 5.69 Å². The van der Waals surface area contributed by atoms with Crippen molar-refractivity contribution in [2.75, 3.05) is 0 Å². The zero-order valence-corrected chi connectivity index (χ0v) is 12.2. The van der Waals surface area contributed by atoms with Gasteiger partial charge in [0.25, 0.3) is 0 Å². The molecule has 1 aromatic carbocycles. The number of carboxylic acids is 1. The molecule has 106 valence electrons. The van der Waals surface area contributed by atoms with Gasteiger partial charge in [-0.1, -0.05) is 24.6 Å². The average molecular weight is 272 g/mol. The number of nitrogens with zero attached hydrogens (tertiary/aromatic N) is 1. The molecule has 2 rings (SSSR count). The summed E-state index contributed by atoms with van der Waals surface area (Å²) in [5.41, 5.74) is 3.75. The first-order valence-electron chi connectivity index (χ1n) is 7.08. The Kier molecular flexibility index (Phi) is 4.07. The van der Waals surface area contributed by atoms with Crippen LogP contribution in [0.1, 0.15) is 45.1 Å². The zero-order valence-electron chi connectivity index (χ0n) is 12.2. The lowest BCUT2D eigenvalue weighted by Gasteiger charge is -2.21. The summed E-state index contributed by atoms with van der Waals surface area (Å²) >= 11 is 0. The van der Waals surface area contributed by atoms with Crippen LogP contribution >= 0.6 is 0 Å². The van der Waals surface area contributed by atoms with Crippen LogP contribution in [-0.2, 0) is 10.2 Å². The van der Waals surface area contributed by atoms with E-state index in [1.807, 2.05) is 12.3 Å². The molecule has 1 aliphatic rings. The Morgan fingerprint density at radius 2 is 2.10 bits per heavy atom. The van der Waals surface area contributed by atoms with Crippen molar-refractivity contribution in [2.24, 2.45) is 0 Å². The highest BCUT2D eigenvalue weighted by Gasteiger charge is 2.45. The molecular formula is C17H22NO2+. The third-order valence-corrected chi connectivity index (χ3v) is 4.42. The van der Waals surface area contributed by atoms with Crippen molar-refractivity contribution in [1.82, 2.24) is 0 Å². The molecule has 0 aromatic heterocycles. The second-order valence-electron chi connectivity index (χ2n) is 5.59. The summed E-state index contributed by atoms with van der Waals surface area (Å²) in [6.45, 7) is 8.28. The minimum atomic E-state index is -0.713. The summed E-state index contributed by atoms with van der Waals surface area (Å²) in [7, 11) is 0. The molecule has 1 atom stereocenters. The molecule has 3 nitrogen and oxygen atoms in total. The fourth-order valence-corrected chi connectivity index (χ4v) is 3.10. The molecule has 0 amide bonds. The highest BCUT2D eigenvalue weighted by Crippen LogP contribution is 2.42. The van der Waals surface area contributed by atoms with Gasteiger partial charge in [-0.25, -0.2) is 0 Å². The Balaban J connectivity index is 2.24. The molecule has 3 heteroatoms. The minimum absolute atomic E-state index is 0.0245. The summed E-state index contributed by atoms with van der Waals surface area (Å²) in [4.78, 5) is 10.6. The number of para-hydroxylation sites is 1. The molecule has 20 heavy (non-hydrogen) atoms. The van der Waals surface area contributed by atoms with Crippen molar-refractivity contribution < 1.29 is 14.5 Å². The van der Waals surface area contributed by atoms with Gasteiger partial charge >= 0.3 is 5.97 Å². The van der Waals surface area contributed by atoms with Crippen LogP contribution in [0.3, 0.4) is 0 Å². The van der Waals surface area contributed by atoms with Crippen molar-refractivity contribution in [3.63, 3.8) is 0 Å². The van der Waals surface area contributed by atoms with Crippen molar-refractivity contribution in [1.29, 1.82) is 0 Å². The Hall–Kier alpha value is -1.90. The first-order chi connectivity index (χ1) is 9.50. The van der Waals surface area contributed by atoms with Crippen LogP contribution < -0.4 is 0 Å². The first kappa shape index (κ1) is 14.5. The molecule has 0 saturated carbocycles. The van der Waals surface area contributed by atoms with Gasteiger partial charge in [0, 0.05) is 25.0 Å². The topological polar surface area (TPSA) is 40.3 Å². The van der Waals surface area contributed by atoms with Gasteiger partial charge in [0.1, 0.15) is 0 Å². The number of benzene rings is 1. The van der Waals surface area contributed by atoms with Crippen LogP contribution in [0, 0.1) is 0 Å². The van der Waals surface area contributed by atoms with E-state index in [2.05, 4.69) is 43.2 Å². The summed E-state index contributed by atoms with van der Waals surface area (Å²) in [6.07, 6.45) is 4.72. The minimum Gasteiger partial charge on any atom is -0.481 e. The molecule has 0 fully saturated rings. The Labute approximate surface area is 120 Å². The fraction of sp³-hybridized carbons (Fsp3) is 0.412. The Bertz CT molecular complexity index is 574. The van der Waals surface area contributed by atoms with Crippen LogP contribution in [0.15, 0.2) is 37.0 Å². The van der Waals surface area contributed by atoms with Crippen molar-refractivity contribution >= 4 is 17.4 Å². The van der Waals surface area contributed by atoms with E-state index in [4.69, 9.17) is 5.11 Å². The van der Waals surface area contributed by atoms with E-state index >= 15 is 0 Å². The highest BCUT2D eigenvalue weighted by atomic mass is 16.4. The van der Waals surface area contributed by atoms with Crippen molar-refractivity contribution in [2.45, 2.75) is 44.9 Å². The molecule has 0 radical (unpaired) electrons. The van der Waals surface area contributed by atoms with Gasteiger partial charge in [0.05, 0.1) is 5.41 Å². The third kappa shape index (κ3) is 2.40. The number of rotatable bonds is 6. The maximum atomic E-state index is 10.6. The Morgan fingerprint density at radius 3 is 2.75 bits per heavy atom. The van der Waals surface area contributed by atoms with E-state index in [1.54, 1.807) is 0 Å². The zero-order chi connectivity index (χ0) is 14.8. The predicted molar refractivity (Wildman–Crippen MR) is 80.7 cm³/mol. The number of carboxylic acid groups (broad SMARTS) is 1. The van der Waals surface area contributed by atoms with E-state index in [9.17, 15) is 4.79 Å². The summed E-state index contributed by atoms with van der Waals surface area (Å²) in [5.74, 6) is -0.713. The smallest absolute Gasteiger partial charge is 0.303 e. The molecule has 1 unspecified atom stereocenters. The lowest BCUT2D eigenvalue weighted by Crippen LogP contribution is -2.29. The molecule has 1 N–H and O–H groups in total. The fourth-order valence-electron chi connectivity index (χ4n) is 3.10. The van der Waals surface area contributed by atoms with Gasteiger partial charge in [-0.3, -0.25) is 4.79 Å². The van der Waals surface area contributed by atoms with E-state index in [-0.39, 0.29) is 11.8 Å². The summed E-state index contributed by atoms with van der Waals surface area (Å²) < 4.78 is 2.15. The summed E-state index contributed by atoms with van der Waals surface area (Å²) in [6, 6.07) is 8.38. The molecular weight excluding hydrogens is 250 g/mol. The highest BCUT2D eigenvalue weighted by molar-refractivity contribution is 5.93. The average Bonchev–Trinajstić information content (AvgIpc) is 2.64. The van der Waals surface area contributed by atoms with Gasteiger partial charge < -0.3 is 5.11 Å². The molecule has 1 aromatic rings. The van der Waals surface area contributed by atoms with E-state index in [1.165, 1.54) is 17.0 Å². The SMILES string of the molecule is C=C[N+]1=C(C)C(C)(CCCCC(=O)O)c2ccccc21. The van der Waals surface area contributed by atoms with Gasteiger partial charge in [-0.15, -0.1) is 0 Å². The van der Waals surface area contributed by atoms with Crippen LogP contribution in [-0.4, -0.2) is 21.4 Å². The van der Waals surface area contributed by atoms with Crippen molar-refractivity contribution in [3.8, 4) is 0 Å². The number of fused-ring (bicyclic) bond motifs is 1. The lowest BCUT2D eigenvalue weighted by molar-refractivity contribution is -0.357. The number of unbranched alkanes of at least 4 members (excludes halogenated alkanes) is 1. The third-order valence-electron chi connectivity index (χ3n) is 4.42. The van der Waals surface area contributed by atoms with Gasteiger partial charge in [0.2, 0.25) is 5.69 Å². The van der Waals surface area contributed by atoms with E-state index in [0.717, 1.165) is 19.3 Å². The van der Waals surface area contributed by atoms with Crippen molar-refractivity contribution in [3.05, 3.63) is 42.6 Å². The lowest BCUT2D eigenvalue weighted by atomic mass is 9.76. The number of aliphatic carboxylic acids is 1. The Morgan fingerprint density at radius 1 is 1.40 bits per heavy atom. The quantitative estimate of drug-likeness (QED) is 0.631. The second-order valence-corrected chi connectivity index (χ2v) is 5.59. The first-order valence-corrected chi connectivity index (χ1v) is 7.08. The molecule has 0 spiro atoms. The van der Waals surface area contributed by atoms with Gasteiger partial charge in [-0.05, 0) is 26.3 Å². The van der Waals surface area contributed by atoms with E-state index < -0.39 is 5.97 Å². The van der Waals surface area contributed by atoms with Crippen LogP contribution in [0.25, 0.3) is 0 Å². The molecule has 0 bridgehead atoms. The predicted octanol–water partition coefficient (Wildman–Crippen LogP) is 3.85. The van der Waals surface area contributed by atoms with E-state index in [0.29, 0.717) is 0 Å². The van der Waals surface area contributed by atoms with Gasteiger partial charge in [0.15, 0.2) is 11.9 Å². The number of carbonyl (C=O) groups is 1. The molecule has 0 saturated heterocycles.